The molecule has 0 saturated heterocycles. The van der Waals surface area contributed by atoms with Gasteiger partial charge in [-0.3, -0.25) is 4.21 Å². The van der Waals surface area contributed by atoms with Crippen LogP contribution in [-0.4, -0.2) is 32.5 Å². The summed E-state index contributed by atoms with van der Waals surface area (Å²) in [7, 11) is -0.792. The molecular weight excluding hydrogens is 202 g/mol. The van der Waals surface area contributed by atoms with E-state index in [4.69, 9.17) is 4.42 Å². The van der Waals surface area contributed by atoms with Gasteiger partial charge in [0, 0.05) is 35.8 Å². The summed E-state index contributed by atoms with van der Waals surface area (Å²) in [5.74, 6) is 1.13. The third kappa shape index (κ3) is 3.55. The molecule has 0 aliphatic heterocycles. The lowest BCUT2D eigenvalue weighted by Gasteiger charge is -2.07. The molecule has 1 N–H and O–H groups in total. The van der Waals surface area contributed by atoms with E-state index in [0.29, 0.717) is 24.9 Å². The van der Waals surface area contributed by atoms with Crippen LogP contribution in [0.4, 0.5) is 0 Å². The standard InChI is InChI=1S/C8H15N3O2S/c1-6(14(3)12)4-9-5-8-11-10-7(2)13-8/h6,9H,4-5H2,1-3H3. The second kappa shape index (κ2) is 5.21. The molecule has 0 fully saturated rings. The predicted molar refractivity (Wildman–Crippen MR) is 54.3 cm³/mol. The van der Waals surface area contributed by atoms with Crippen molar-refractivity contribution < 1.29 is 8.63 Å². The summed E-state index contributed by atoms with van der Waals surface area (Å²) in [6.07, 6.45) is 1.70. The van der Waals surface area contributed by atoms with Gasteiger partial charge in [-0.05, 0) is 6.92 Å². The minimum atomic E-state index is -0.792. The molecule has 1 rings (SSSR count). The van der Waals surface area contributed by atoms with Crippen molar-refractivity contribution in [2.75, 3.05) is 12.8 Å². The molecule has 0 saturated carbocycles. The largest absolute Gasteiger partial charge is 0.424 e. The lowest BCUT2D eigenvalue weighted by molar-refractivity contribution is 0.447. The lowest BCUT2D eigenvalue weighted by Crippen LogP contribution is -2.27. The number of nitrogens with zero attached hydrogens (tertiary/aromatic N) is 2. The van der Waals surface area contributed by atoms with Gasteiger partial charge in [-0.15, -0.1) is 10.2 Å². The molecule has 0 radical (unpaired) electrons. The van der Waals surface area contributed by atoms with Gasteiger partial charge in [-0.25, -0.2) is 0 Å². The molecule has 80 valence electrons. The van der Waals surface area contributed by atoms with Gasteiger partial charge in [0.05, 0.1) is 6.54 Å². The van der Waals surface area contributed by atoms with Gasteiger partial charge in [-0.2, -0.15) is 0 Å². The second-order valence-corrected chi connectivity index (χ2v) is 4.96. The minimum Gasteiger partial charge on any atom is -0.424 e. The Morgan fingerprint density at radius 1 is 1.57 bits per heavy atom. The fraction of sp³-hybridized carbons (Fsp3) is 0.750. The molecule has 6 heteroatoms. The molecule has 0 aliphatic carbocycles. The molecule has 1 aromatic rings. The first-order valence-corrected chi connectivity index (χ1v) is 6.03. The van der Waals surface area contributed by atoms with E-state index in [-0.39, 0.29) is 5.25 Å². The molecule has 0 aromatic carbocycles. The summed E-state index contributed by atoms with van der Waals surface area (Å²) in [5.41, 5.74) is 0. The van der Waals surface area contributed by atoms with Crippen molar-refractivity contribution in [1.82, 2.24) is 15.5 Å². The average molecular weight is 217 g/mol. The zero-order valence-corrected chi connectivity index (χ0v) is 9.43. The minimum absolute atomic E-state index is 0.138. The number of nitrogens with one attached hydrogen (secondary N) is 1. The van der Waals surface area contributed by atoms with Crippen molar-refractivity contribution in [3.63, 3.8) is 0 Å². The van der Waals surface area contributed by atoms with E-state index in [9.17, 15) is 4.21 Å². The second-order valence-electron chi connectivity index (χ2n) is 3.15. The molecule has 0 amide bonds. The zero-order chi connectivity index (χ0) is 10.6. The highest BCUT2D eigenvalue weighted by Gasteiger charge is 2.06. The van der Waals surface area contributed by atoms with Crippen LogP contribution in [0, 0.1) is 6.92 Å². The molecule has 0 spiro atoms. The first-order chi connectivity index (χ1) is 6.59. The molecule has 2 unspecified atom stereocenters. The van der Waals surface area contributed by atoms with Crippen LogP contribution in [0.3, 0.4) is 0 Å². The Morgan fingerprint density at radius 2 is 2.29 bits per heavy atom. The highest BCUT2D eigenvalue weighted by Crippen LogP contribution is 1.97. The molecule has 5 nitrogen and oxygen atoms in total. The van der Waals surface area contributed by atoms with Gasteiger partial charge in [0.15, 0.2) is 0 Å². The monoisotopic (exact) mass is 217 g/mol. The van der Waals surface area contributed by atoms with Crippen molar-refractivity contribution in [2.24, 2.45) is 0 Å². The Bertz CT molecular complexity index is 313. The van der Waals surface area contributed by atoms with Crippen molar-refractivity contribution in [1.29, 1.82) is 0 Å². The van der Waals surface area contributed by atoms with E-state index in [1.54, 1.807) is 13.2 Å². The van der Waals surface area contributed by atoms with Crippen LogP contribution >= 0.6 is 0 Å². The zero-order valence-electron chi connectivity index (χ0n) is 8.61. The first kappa shape index (κ1) is 11.3. The maximum Gasteiger partial charge on any atom is 0.230 e. The third-order valence-corrected chi connectivity index (χ3v) is 3.14. The van der Waals surface area contributed by atoms with Crippen LogP contribution < -0.4 is 5.32 Å². The fourth-order valence-corrected chi connectivity index (χ4v) is 1.26. The van der Waals surface area contributed by atoms with E-state index in [1.165, 1.54) is 0 Å². The number of aryl methyl sites for hydroxylation is 1. The topological polar surface area (TPSA) is 68.0 Å². The van der Waals surface area contributed by atoms with Crippen LogP contribution in [0.2, 0.25) is 0 Å². The molecule has 0 aliphatic rings. The van der Waals surface area contributed by atoms with Crippen LogP contribution in [-0.2, 0) is 17.3 Å². The Balaban J connectivity index is 2.25. The smallest absolute Gasteiger partial charge is 0.230 e. The van der Waals surface area contributed by atoms with Crippen molar-refractivity contribution in [2.45, 2.75) is 25.6 Å². The quantitative estimate of drug-likeness (QED) is 0.765. The van der Waals surface area contributed by atoms with E-state index in [1.807, 2.05) is 6.92 Å². The highest BCUT2D eigenvalue weighted by molar-refractivity contribution is 7.84. The maximum absolute atomic E-state index is 11.0. The number of rotatable bonds is 5. The number of hydrogen-bond acceptors (Lipinski definition) is 5. The van der Waals surface area contributed by atoms with Crippen LogP contribution in [0.15, 0.2) is 4.42 Å². The van der Waals surface area contributed by atoms with Gasteiger partial charge < -0.3 is 9.73 Å². The highest BCUT2D eigenvalue weighted by atomic mass is 32.2. The predicted octanol–water partition coefficient (Wildman–Crippen LogP) is 0.235. The maximum atomic E-state index is 11.0. The fourth-order valence-electron chi connectivity index (χ4n) is 0.909. The Hall–Kier alpha value is -0.750. The van der Waals surface area contributed by atoms with E-state index < -0.39 is 10.8 Å². The summed E-state index contributed by atoms with van der Waals surface area (Å²) >= 11 is 0. The van der Waals surface area contributed by atoms with E-state index in [2.05, 4.69) is 15.5 Å². The molecular formula is C8H15N3O2S. The third-order valence-electron chi connectivity index (χ3n) is 1.84. The summed E-state index contributed by atoms with van der Waals surface area (Å²) in [6, 6.07) is 0. The van der Waals surface area contributed by atoms with E-state index in [0.717, 1.165) is 0 Å². The molecule has 14 heavy (non-hydrogen) atoms. The van der Waals surface area contributed by atoms with Crippen molar-refractivity contribution in [3.05, 3.63) is 11.8 Å². The normalized spacial score (nSPS) is 15.4. The number of hydrogen-bond donors (Lipinski definition) is 1. The van der Waals surface area contributed by atoms with Gasteiger partial charge in [-0.1, -0.05) is 0 Å². The molecule has 1 aromatic heterocycles. The van der Waals surface area contributed by atoms with Crippen LogP contribution in [0.5, 0.6) is 0 Å². The Morgan fingerprint density at radius 3 is 2.79 bits per heavy atom. The van der Waals surface area contributed by atoms with Gasteiger partial charge in [0.2, 0.25) is 11.8 Å². The molecule has 0 bridgehead atoms. The number of aromatic nitrogens is 2. The molecule has 1 heterocycles. The Labute approximate surface area is 85.7 Å². The van der Waals surface area contributed by atoms with Crippen LogP contribution in [0.1, 0.15) is 18.7 Å². The van der Waals surface area contributed by atoms with E-state index >= 15 is 0 Å². The van der Waals surface area contributed by atoms with Crippen LogP contribution in [0.25, 0.3) is 0 Å². The van der Waals surface area contributed by atoms with Gasteiger partial charge in [0.25, 0.3) is 0 Å². The van der Waals surface area contributed by atoms with Gasteiger partial charge >= 0.3 is 0 Å². The van der Waals surface area contributed by atoms with Gasteiger partial charge in [0.1, 0.15) is 0 Å². The summed E-state index contributed by atoms with van der Waals surface area (Å²) in [6.45, 7) is 4.90. The lowest BCUT2D eigenvalue weighted by atomic mass is 10.4. The summed E-state index contributed by atoms with van der Waals surface area (Å²) in [5, 5.41) is 10.8. The van der Waals surface area contributed by atoms with Crippen molar-refractivity contribution in [3.8, 4) is 0 Å². The van der Waals surface area contributed by atoms with Crippen molar-refractivity contribution >= 4 is 10.8 Å². The summed E-state index contributed by atoms with van der Waals surface area (Å²) < 4.78 is 16.2. The Kier molecular flexibility index (Phi) is 4.21. The first-order valence-electron chi connectivity index (χ1n) is 4.41. The SMILES string of the molecule is Cc1nnc(CNCC(C)S(C)=O)o1. The molecule has 2 atom stereocenters. The summed E-state index contributed by atoms with van der Waals surface area (Å²) in [4.78, 5) is 0. The average Bonchev–Trinajstić information content (AvgIpc) is 2.51.